The van der Waals surface area contributed by atoms with Crippen LogP contribution in [0.1, 0.15) is 25.5 Å². The van der Waals surface area contributed by atoms with Crippen LogP contribution in [0.25, 0.3) is 0 Å². The van der Waals surface area contributed by atoms with Crippen molar-refractivity contribution in [2.45, 2.75) is 26.7 Å². The van der Waals surface area contributed by atoms with Crippen LogP contribution in [0.15, 0.2) is 6.07 Å². The van der Waals surface area contributed by atoms with Crippen molar-refractivity contribution in [1.29, 1.82) is 0 Å². The fraction of sp³-hybridized carbons (Fsp3) is 0.643. The van der Waals surface area contributed by atoms with E-state index in [0.29, 0.717) is 11.8 Å². The minimum absolute atomic E-state index is 0.135. The third-order valence-corrected chi connectivity index (χ3v) is 3.45. The van der Waals surface area contributed by atoms with Crippen LogP contribution in [0.2, 0.25) is 0 Å². The van der Waals surface area contributed by atoms with Crippen molar-refractivity contribution in [3.05, 3.63) is 11.8 Å². The highest BCUT2D eigenvalue weighted by Crippen LogP contribution is 2.22. The molecule has 0 spiro atoms. The van der Waals surface area contributed by atoms with E-state index in [2.05, 4.69) is 26.5 Å². The Bertz CT molecular complexity index is 471. The van der Waals surface area contributed by atoms with Gasteiger partial charge >= 0.3 is 5.97 Å². The summed E-state index contributed by atoms with van der Waals surface area (Å²) in [6, 6.07) is 1.72. The summed E-state index contributed by atoms with van der Waals surface area (Å²) in [5, 5.41) is 0. The molecule has 1 saturated heterocycles. The number of aryl methyl sites for hydroxylation is 1. The van der Waals surface area contributed by atoms with Gasteiger partial charge in [0.1, 0.15) is 0 Å². The normalized spacial score (nSPS) is 16.1. The number of hydrogen-bond donors (Lipinski definition) is 0. The lowest BCUT2D eigenvalue weighted by molar-refractivity contribution is -0.143. The molecule has 1 aromatic heterocycles. The van der Waals surface area contributed by atoms with Crippen LogP contribution in [0.4, 0.5) is 5.95 Å². The second-order valence-electron chi connectivity index (χ2n) is 5.18. The van der Waals surface area contributed by atoms with Crippen LogP contribution in [0, 0.1) is 12.8 Å². The molecule has 2 heterocycles. The number of nitrogens with zero attached hydrogens (tertiary/aromatic N) is 3. The van der Waals surface area contributed by atoms with Gasteiger partial charge in [-0.05, 0) is 25.7 Å². The molecule has 0 unspecified atom stereocenters. The maximum atomic E-state index is 11.1. The van der Waals surface area contributed by atoms with Crippen molar-refractivity contribution in [2.75, 3.05) is 31.7 Å². The number of esters is 1. The average molecular weight is 279 g/mol. The van der Waals surface area contributed by atoms with E-state index in [-0.39, 0.29) is 6.61 Å². The molecule has 0 bridgehead atoms. The van der Waals surface area contributed by atoms with E-state index in [0.717, 1.165) is 37.5 Å². The summed E-state index contributed by atoms with van der Waals surface area (Å²) in [5.74, 6) is 1.43. The molecule has 6 heteroatoms. The van der Waals surface area contributed by atoms with Gasteiger partial charge in [0.15, 0.2) is 6.61 Å². The number of carbonyl (C=O) groups excluding carboxylic acids is 1. The lowest BCUT2D eigenvalue weighted by Crippen LogP contribution is -2.34. The molecule has 0 N–H and O–H groups in total. The fourth-order valence-corrected chi connectivity index (χ4v) is 2.14. The van der Waals surface area contributed by atoms with E-state index in [1.807, 2.05) is 6.92 Å². The molecule has 1 aromatic rings. The zero-order valence-electron chi connectivity index (χ0n) is 12.3. The monoisotopic (exact) mass is 279 g/mol. The van der Waals surface area contributed by atoms with Crippen molar-refractivity contribution in [1.82, 2.24) is 9.97 Å². The largest absolute Gasteiger partial charge is 0.466 e. The molecule has 1 aliphatic heterocycles. The highest BCUT2D eigenvalue weighted by atomic mass is 16.6. The topological polar surface area (TPSA) is 64.6 Å². The average Bonchev–Trinajstić information content (AvgIpc) is 2.45. The summed E-state index contributed by atoms with van der Waals surface area (Å²) in [5.41, 5.74) is 0.827. The number of aromatic nitrogens is 2. The Hall–Kier alpha value is -1.85. The number of carbonyl (C=O) groups is 1. The van der Waals surface area contributed by atoms with Crippen LogP contribution in [-0.2, 0) is 9.53 Å². The summed E-state index contributed by atoms with van der Waals surface area (Å²) in [4.78, 5) is 22.1. The fourth-order valence-electron chi connectivity index (χ4n) is 2.14. The minimum Gasteiger partial charge on any atom is -0.466 e. The molecule has 1 fully saturated rings. The molecule has 0 aliphatic carbocycles. The van der Waals surface area contributed by atoms with E-state index in [1.54, 1.807) is 6.07 Å². The predicted octanol–water partition coefficient (Wildman–Crippen LogP) is 1.57. The molecule has 6 nitrogen and oxygen atoms in total. The molecule has 0 radical (unpaired) electrons. The summed E-state index contributed by atoms with van der Waals surface area (Å²) < 4.78 is 9.88. The van der Waals surface area contributed by atoms with E-state index in [9.17, 15) is 4.79 Å². The molecule has 20 heavy (non-hydrogen) atoms. The first-order valence-corrected chi connectivity index (χ1v) is 6.88. The highest BCUT2D eigenvalue weighted by molar-refractivity contribution is 5.70. The first-order valence-electron chi connectivity index (χ1n) is 6.88. The van der Waals surface area contributed by atoms with E-state index in [1.165, 1.54) is 7.11 Å². The second-order valence-corrected chi connectivity index (χ2v) is 5.18. The van der Waals surface area contributed by atoms with Crippen LogP contribution >= 0.6 is 0 Å². The van der Waals surface area contributed by atoms with E-state index >= 15 is 0 Å². The van der Waals surface area contributed by atoms with Gasteiger partial charge in [0, 0.05) is 24.8 Å². The number of piperidine rings is 1. The Labute approximate surface area is 119 Å². The van der Waals surface area contributed by atoms with E-state index < -0.39 is 5.97 Å². The number of anilines is 1. The maximum absolute atomic E-state index is 11.1. The summed E-state index contributed by atoms with van der Waals surface area (Å²) >= 11 is 0. The molecular formula is C14H21N3O3. The standard InChI is InChI=1S/C14H21N3O3/c1-10-4-6-17(7-5-10)14-15-11(2)8-12(16-14)20-9-13(18)19-3/h8,10H,4-7,9H2,1-3H3. The maximum Gasteiger partial charge on any atom is 0.343 e. The van der Waals surface area contributed by atoms with Gasteiger partial charge in [-0.1, -0.05) is 6.92 Å². The van der Waals surface area contributed by atoms with Gasteiger partial charge in [-0.15, -0.1) is 0 Å². The molecule has 110 valence electrons. The van der Waals surface area contributed by atoms with Crippen LogP contribution < -0.4 is 9.64 Å². The molecule has 1 aliphatic rings. The van der Waals surface area contributed by atoms with Crippen LogP contribution in [0.5, 0.6) is 5.88 Å². The van der Waals surface area contributed by atoms with Crippen molar-refractivity contribution in [3.63, 3.8) is 0 Å². The minimum atomic E-state index is -0.422. The first kappa shape index (κ1) is 14.6. The van der Waals surface area contributed by atoms with Crippen LogP contribution in [-0.4, -0.2) is 42.7 Å². The Kier molecular flexibility index (Phi) is 4.76. The Balaban J connectivity index is 2.06. The third-order valence-electron chi connectivity index (χ3n) is 3.45. The SMILES string of the molecule is COC(=O)COc1cc(C)nc(N2CCC(C)CC2)n1. The Morgan fingerprint density at radius 3 is 2.75 bits per heavy atom. The third kappa shape index (κ3) is 3.82. The number of rotatable bonds is 4. The van der Waals surface area contributed by atoms with Crippen molar-refractivity contribution < 1.29 is 14.3 Å². The zero-order chi connectivity index (χ0) is 14.5. The van der Waals surface area contributed by atoms with Crippen molar-refractivity contribution in [3.8, 4) is 5.88 Å². The molecule has 0 amide bonds. The molecule has 0 atom stereocenters. The van der Waals surface area contributed by atoms with Gasteiger partial charge in [-0.25, -0.2) is 9.78 Å². The van der Waals surface area contributed by atoms with E-state index in [4.69, 9.17) is 4.74 Å². The number of methoxy groups -OCH3 is 1. The first-order chi connectivity index (χ1) is 9.58. The number of ether oxygens (including phenoxy) is 2. The molecule has 0 saturated carbocycles. The van der Waals surface area contributed by atoms with Crippen molar-refractivity contribution >= 4 is 11.9 Å². The molecular weight excluding hydrogens is 258 g/mol. The number of hydrogen-bond acceptors (Lipinski definition) is 6. The zero-order valence-corrected chi connectivity index (χ0v) is 12.3. The van der Waals surface area contributed by atoms with Crippen molar-refractivity contribution in [2.24, 2.45) is 5.92 Å². The second kappa shape index (κ2) is 6.54. The van der Waals surface area contributed by atoms with Gasteiger partial charge in [0.05, 0.1) is 7.11 Å². The quantitative estimate of drug-likeness (QED) is 0.780. The summed E-state index contributed by atoms with van der Waals surface area (Å²) in [6.07, 6.45) is 2.30. The van der Waals surface area contributed by atoms with Gasteiger partial charge in [0.2, 0.25) is 11.8 Å². The smallest absolute Gasteiger partial charge is 0.343 e. The molecule has 2 rings (SSSR count). The van der Waals surface area contributed by atoms with Gasteiger partial charge in [-0.2, -0.15) is 4.98 Å². The summed E-state index contributed by atoms with van der Waals surface area (Å²) in [7, 11) is 1.33. The van der Waals surface area contributed by atoms with Gasteiger partial charge in [-0.3, -0.25) is 0 Å². The van der Waals surface area contributed by atoms with Gasteiger partial charge < -0.3 is 14.4 Å². The Morgan fingerprint density at radius 1 is 1.40 bits per heavy atom. The Morgan fingerprint density at radius 2 is 2.10 bits per heavy atom. The lowest BCUT2D eigenvalue weighted by Gasteiger charge is -2.30. The highest BCUT2D eigenvalue weighted by Gasteiger charge is 2.19. The molecule has 0 aromatic carbocycles. The van der Waals surface area contributed by atoms with Gasteiger partial charge in [0.25, 0.3) is 0 Å². The summed E-state index contributed by atoms with van der Waals surface area (Å²) in [6.45, 7) is 5.94. The van der Waals surface area contributed by atoms with Crippen LogP contribution in [0.3, 0.4) is 0 Å². The predicted molar refractivity (Wildman–Crippen MR) is 74.9 cm³/mol. The lowest BCUT2D eigenvalue weighted by atomic mass is 10.00.